The topological polar surface area (TPSA) is 64.3 Å². The number of nitrogens with zero attached hydrogens (tertiary/aromatic N) is 2. The van der Waals surface area contributed by atoms with Crippen LogP contribution < -0.4 is 4.90 Å². The summed E-state index contributed by atoms with van der Waals surface area (Å²) < 4.78 is 0. The van der Waals surface area contributed by atoms with Gasteiger partial charge in [0.2, 0.25) is 0 Å². The second-order valence-electron chi connectivity index (χ2n) is 4.87. The fraction of sp³-hybridized carbons (Fsp3) is 0.111. The van der Waals surface area contributed by atoms with Crippen molar-refractivity contribution in [1.29, 1.82) is 5.26 Å². The van der Waals surface area contributed by atoms with Crippen molar-refractivity contribution < 1.29 is 9.90 Å². The van der Waals surface area contributed by atoms with Crippen molar-refractivity contribution in [1.82, 2.24) is 0 Å². The van der Waals surface area contributed by atoms with E-state index < -0.39 is 5.97 Å². The molecule has 0 fully saturated rings. The van der Waals surface area contributed by atoms with Gasteiger partial charge in [-0.15, -0.1) is 11.3 Å². The van der Waals surface area contributed by atoms with Crippen LogP contribution in [0.25, 0.3) is 6.08 Å². The van der Waals surface area contributed by atoms with Crippen molar-refractivity contribution in [3.63, 3.8) is 0 Å². The van der Waals surface area contributed by atoms with Crippen molar-refractivity contribution in [3.8, 4) is 17.9 Å². The Kier molecular flexibility index (Phi) is 5.19. The van der Waals surface area contributed by atoms with Crippen LogP contribution >= 0.6 is 11.3 Å². The van der Waals surface area contributed by atoms with Gasteiger partial charge < -0.3 is 10.0 Å². The highest BCUT2D eigenvalue weighted by Crippen LogP contribution is 2.19. The molecule has 0 bridgehead atoms. The van der Waals surface area contributed by atoms with Crippen LogP contribution in [0.15, 0.2) is 42.0 Å². The van der Waals surface area contributed by atoms with Crippen molar-refractivity contribution in [2.75, 3.05) is 19.0 Å². The maximum absolute atomic E-state index is 10.8. The largest absolute Gasteiger partial charge is 0.477 e. The Morgan fingerprint density at radius 1 is 1.17 bits per heavy atom. The number of nitriles is 1. The first-order chi connectivity index (χ1) is 11.0. The van der Waals surface area contributed by atoms with Gasteiger partial charge in [0.15, 0.2) is 0 Å². The third kappa shape index (κ3) is 4.47. The summed E-state index contributed by atoms with van der Waals surface area (Å²) in [5.41, 5.74) is 1.73. The average molecular weight is 322 g/mol. The molecule has 0 aliphatic heterocycles. The second-order valence-corrected chi connectivity index (χ2v) is 5.98. The lowest BCUT2D eigenvalue weighted by Crippen LogP contribution is -2.07. The number of hydrogen-bond acceptors (Lipinski definition) is 4. The Morgan fingerprint density at radius 2 is 1.87 bits per heavy atom. The van der Waals surface area contributed by atoms with Crippen LogP contribution in [0.4, 0.5) is 5.69 Å². The summed E-state index contributed by atoms with van der Waals surface area (Å²) in [6, 6.07) is 13.1. The molecule has 1 aromatic heterocycles. The van der Waals surface area contributed by atoms with E-state index in [0.717, 1.165) is 16.1 Å². The molecule has 4 nitrogen and oxygen atoms in total. The lowest BCUT2D eigenvalue weighted by atomic mass is 10.2. The molecule has 1 heterocycles. The Morgan fingerprint density at radius 3 is 2.43 bits per heavy atom. The molecule has 0 saturated carbocycles. The van der Waals surface area contributed by atoms with Crippen LogP contribution in [-0.2, 0) is 4.79 Å². The fourth-order valence-electron chi connectivity index (χ4n) is 1.76. The zero-order chi connectivity index (χ0) is 16.8. The summed E-state index contributed by atoms with van der Waals surface area (Å²) in [7, 11) is 3.96. The maximum atomic E-state index is 10.8. The molecule has 0 unspecified atom stereocenters. The van der Waals surface area contributed by atoms with E-state index in [0.29, 0.717) is 4.88 Å². The van der Waals surface area contributed by atoms with Gasteiger partial charge in [-0.1, -0.05) is 11.8 Å². The molecule has 114 valence electrons. The summed E-state index contributed by atoms with van der Waals surface area (Å²) >= 11 is 1.35. The van der Waals surface area contributed by atoms with E-state index in [-0.39, 0.29) is 5.57 Å². The molecule has 2 rings (SSSR count). The van der Waals surface area contributed by atoms with Gasteiger partial charge in [0.25, 0.3) is 0 Å². The SMILES string of the molecule is CN(C)c1ccc(C#Cc2ccc(/C=C(/C#N)C(=O)O)s2)cc1. The highest BCUT2D eigenvalue weighted by Gasteiger charge is 2.06. The lowest BCUT2D eigenvalue weighted by molar-refractivity contribution is -0.132. The van der Waals surface area contributed by atoms with Crippen molar-refractivity contribution >= 4 is 29.1 Å². The molecule has 0 atom stereocenters. The molecule has 0 amide bonds. The van der Waals surface area contributed by atoms with E-state index in [9.17, 15) is 4.79 Å². The molecule has 23 heavy (non-hydrogen) atoms. The van der Waals surface area contributed by atoms with Gasteiger partial charge >= 0.3 is 5.97 Å². The van der Waals surface area contributed by atoms with Crippen LogP contribution in [0.5, 0.6) is 0 Å². The van der Waals surface area contributed by atoms with Crippen LogP contribution in [0.2, 0.25) is 0 Å². The predicted octanol–water partition coefficient (Wildman–Crippen LogP) is 3.21. The number of hydrogen-bond donors (Lipinski definition) is 1. The minimum absolute atomic E-state index is 0.286. The fourth-order valence-corrected chi connectivity index (χ4v) is 2.56. The van der Waals surface area contributed by atoms with Crippen molar-refractivity contribution in [2.24, 2.45) is 0 Å². The number of thiophene rings is 1. The molecule has 5 heteroatoms. The second kappa shape index (κ2) is 7.31. The smallest absolute Gasteiger partial charge is 0.346 e. The standard InChI is InChI=1S/C18H14N2O2S/c1-20(2)15-6-3-13(4-7-15)5-8-16-9-10-17(23-16)11-14(12-19)18(21)22/h3-4,6-7,9-11H,1-2H3,(H,21,22)/b14-11-. The summed E-state index contributed by atoms with van der Waals surface area (Å²) in [6.45, 7) is 0. The lowest BCUT2D eigenvalue weighted by Gasteiger charge is -2.11. The van der Waals surface area contributed by atoms with Gasteiger partial charge in [-0.25, -0.2) is 4.79 Å². The summed E-state index contributed by atoms with van der Waals surface area (Å²) in [5.74, 6) is 4.89. The number of aliphatic carboxylic acids is 1. The summed E-state index contributed by atoms with van der Waals surface area (Å²) in [4.78, 5) is 14.3. The molecule has 0 aliphatic carbocycles. The normalized spacial score (nSPS) is 10.4. The molecule has 0 saturated heterocycles. The number of anilines is 1. The molecule has 0 aliphatic rings. The zero-order valence-corrected chi connectivity index (χ0v) is 13.5. The first kappa shape index (κ1) is 16.4. The first-order valence-electron chi connectivity index (χ1n) is 6.74. The van der Waals surface area contributed by atoms with Crippen LogP contribution in [0, 0.1) is 23.2 Å². The molecule has 2 aromatic rings. The van der Waals surface area contributed by atoms with Crippen LogP contribution in [0.3, 0.4) is 0 Å². The minimum atomic E-state index is -1.23. The van der Waals surface area contributed by atoms with Crippen molar-refractivity contribution in [2.45, 2.75) is 0 Å². The monoisotopic (exact) mass is 322 g/mol. The highest BCUT2D eigenvalue weighted by atomic mass is 32.1. The van der Waals surface area contributed by atoms with Crippen LogP contribution in [-0.4, -0.2) is 25.2 Å². The molecule has 0 spiro atoms. The maximum Gasteiger partial charge on any atom is 0.346 e. The third-order valence-corrected chi connectivity index (χ3v) is 3.93. The number of carboxylic acids is 1. The van der Waals surface area contributed by atoms with E-state index in [1.54, 1.807) is 12.1 Å². The third-order valence-electron chi connectivity index (χ3n) is 2.98. The summed E-state index contributed by atoms with van der Waals surface area (Å²) in [6.07, 6.45) is 1.35. The molecule has 1 N–H and O–H groups in total. The average Bonchev–Trinajstić information content (AvgIpc) is 2.98. The Balaban J connectivity index is 2.17. The van der Waals surface area contributed by atoms with E-state index in [4.69, 9.17) is 10.4 Å². The van der Waals surface area contributed by atoms with Gasteiger partial charge in [0.05, 0.1) is 4.88 Å². The Labute approximate surface area is 138 Å². The number of benzene rings is 1. The van der Waals surface area contributed by atoms with E-state index >= 15 is 0 Å². The van der Waals surface area contributed by atoms with E-state index in [1.165, 1.54) is 17.4 Å². The minimum Gasteiger partial charge on any atom is -0.477 e. The quantitative estimate of drug-likeness (QED) is 0.535. The Hall–Kier alpha value is -3.02. The Bertz CT molecular complexity index is 844. The van der Waals surface area contributed by atoms with Gasteiger partial charge in [0, 0.05) is 30.2 Å². The van der Waals surface area contributed by atoms with Gasteiger partial charge in [-0.05, 0) is 42.5 Å². The molecule has 1 aromatic carbocycles. The van der Waals surface area contributed by atoms with Gasteiger partial charge in [-0.3, -0.25) is 0 Å². The highest BCUT2D eigenvalue weighted by molar-refractivity contribution is 7.13. The summed E-state index contributed by atoms with van der Waals surface area (Å²) in [5, 5.41) is 17.6. The number of rotatable bonds is 3. The first-order valence-corrected chi connectivity index (χ1v) is 7.55. The molecular formula is C18H14N2O2S. The number of carbonyl (C=O) groups is 1. The van der Waals surface area contributed by atoms with E-state index in [2.05, 4.69) is 11.8 Å². The number of carboxylic acid groups (broad SMARTS) is 1. The zero-order valence-electron chi connectivity index (χ0n) is 12.7. The predicted molar refractivity (Wildman–Crippen MR) is 92.3 cm³/mol. The van der Waals surface area contributed by atoms with E-state index in [1.807, 2.05) is 49.3 Å². The van der Waals surface area contributed by atoms with Crippen molar-refractivity contribution in [3.05, 3.63) is 57.3 Å². The van der Waals surface area contributed by atoms with Gasteiger partial charge in [-0.2, -0.15) is 5.26 Å². The molecular weight excluding hydrogens is 308 g/mol. The van der Waals surface area contributed by atoms with Gasteiger partial charge in [0.1, 0.15) is 11.6 Å². The van der Waals surface area contributed by atoms with Crippen LogP contribution in [0.1, 0.15) is 15.3 Å². The molecule has 0 radical (unpaired) electrons.